The molecule has 0 unspecified atom stereocenters. The number of hydrogen-bond donors (Lipinski definition) is 2. The van der Waals surface area contributed by atoms with E-state index in [-0.39, 0.29) is 23.2 Å². The number of hydrogen-bond acceptors (Lipinski definition) is 8. The van der Waals surface area contributed by atoms with E-state index < -0.39 is 6.04 Å². The highest BCUT2D eigenvalue weighted by molar-refractivity contribution is 5.96. The van der Waals surface area contributed by atoms with Gasteiger partial charge in [-0.15, -0.1) is 0 Å². The van der Waals surface area contributed by atoms with Gasteiger partial charge in [-0.25, -0.2) is 4.98 Å². The number of rotatable bonds is 7. The third-order valence-corrected chi connectivity index (χ3v) is 6.21. The maximum absolute atomic E-state index is 14.3. The smallest absolute Gasteiger partial charge is 0.263 e. The quantitative estimate of drug-likeness (QED) is 0.299. The molecular weight excluding hydrogens is 490 g/mol. The van der Waals surface area contributed by atoms with Crippen molar-refractivity contribution in [2.45, 2.75) is 32.9 Å². The molecule has 39 heavy (non-hydrogen) atoms. The van der Waals surface area contributed by atoms with Crippen LogP contribution in [0.15, 0.2) is 84.0 Å². The lowest BCUT2D eigenvalue weighted by Crippen LogP contribution is -2.26. The minimum absolute atomic E-state index is 0.00629. The standard InChI is InChI=1S/C30H27N7O2/c1-18(2)39-24-12-21(15-33-17-24)25-11-7-8-20-13-26(19(3)35-28-22(14-31)16-34-30(32)36-28)37(29(38)27(20)25)23-9-5-4-6-10-23/h4-13,15-19H,1-3H3,(H3,32,34,35,36)/t19-/m0/s1. The summed E-state index contributed by atoms with van der Waals surface area (Å²) >= 11 is 0. The largest absolute Gasteiger partial charge is 0.489 e. The highest BCUT2D eigenvalue weighted by Crippen LogP contribution is 2.31. The second kappa shape index (κ2) is 10.6. The van der Waals surface area contributed by atoms with Gasteiger partial charge in [-0.3, -0.25) is 14.3 Å². The van der Waals surface area contributed by atoms with Crippen LogP contribution in [0.5, 0.6) is 5.75 Å². The first-order chi connectivity index (χ1) is 18.9. The lowest BCUT2D eigenvalue weighted by Gasteiger charge is -2.22. The third kappa shape index (κ3) is 5.13. The van der Waals surface area contributed by atoms with Crippen LogP contribution in [0, 0.1) is 11.3 Å². The van der Waals surface area contributed by atoms with Crippen molar-refractivity contribution in [1.82, 2.24) is 19.5 Å². The van der Waals surface area contributed by atoms with Crippen molar-refractivity contribution in [2.24, 2.45) is 0 Å². The summed E-state index contributed by atoms with van der Waals surface area (Å²) in [5.74, 6) is 0.978. The Balaban J connectivity index is 1.72. The van der Waals surface area contributed by atoms with E-state index in [1.54, 1.807) is 17.0 Å². The lowest BCUT2D eigenvalue weighted by molar-refractivity contribution is 0.241. The van der Waals surface area contributed by atoms with Crippen LogP contribution in [-0.2, 0) is 0 Å². The minimum Gasteiger partial charge on any atom is -0.489 e. The van der Waals surface area contributed by atoms with E-state index in [2.05, 4.69) is 26.3 Å². The predicted octanol–water partition coefficient (Wildman–Crippen LogP) is 5.26. The molecule has 0 radical (unpaired) electrons. The molecular formula is C30H27N7O2. The van der Waals surface area contributed by atoms with Crippen LogP contribution in [-0.4, -0.2) is 25.6 Å². The molecule has 0 amide bonds. The molecule has 0 fully saturated rings. The van der Waals surface area contributed by atoms with Gasteiger partial charge in [0.05, 0.1) is 29.9 Å². The Hall–Kier alpha value is -5.23. The summed E-state index contributed by atoms with van der Waals surface area (Å²) in [5, 5.41) is 14.1. The van der Waals surface area contributed by atoms with Gasteiger partial charge >= 0.3 is 0 Å². The Bertz CT molecular complexity index is 1760. The molecule has 3 aromatic heterocycles. The summed E-state index contributed by atoms with van der Waals surface area (Å²) in [5.41, 5.74) is 8.79. The summed E-state index contributed by atoms with van der Waals surface area (Å²) in [7, 11) is 0. The summed E-state index contributed by atoms with van der Waals surface area (Å²) in [4.78, 5) is 26.8. The fourth-order valence-corrected chi connectivity index (χ4v) is 4.55. The van der Waals surface area contributed by atoms with Crippen molar-refractivity contribution in [3.63, 3.8) is 0 Å². The Morgan fingerprint density at radius 1 is 1.03 bits per heavy atom. The van der Waals surface area contributed by atoms with E-state index >= 15 is 0 Å². The Morgan fingerprint density at radius 3 is 2.56 bits per heavy atom. The Labute approximate surface area is 225 Å². The maximum atomic E-state index is 14.3. The molecule has 194 valence electrons. The van der Waals surface area contributed by atoms with E-state index in [0.29, 0.717) is 28.3 Å². The molecule has 0 saturated heterocycles. The maximum Gasteiger partial charge on any atom is 0.263 e. The number of pyridine rings is 2. The second-order valence-corrected chi connectivity index (χ2v) is 9.36. The van der Waals surface area contributed by atoms with Gasteiger partial charge in [-0.05, 0) is 56.0 Å². The van der Waals surface area contributed by atoms with Crippen molar-refractivity contribution < 1.29 is 4.74 Å². The van der Waals surface area contributed by atoms with Crippen LogP contribution in [0.25, 0.3) is 27.6 Å². The lowest BCUT2D eigenvalue weighted by atomic mass is 9.98. The van der Waals surface area contributed by atoms with Gasteiger partial charge < -0.3 is 15.8 Å². The van der Waals surface area contributed by atoms with E-state index in [4.69, 9.17) is 10.5 Å². The SMILES string of the molecule is CC(C)Oc1cncc(-c2cccc3cc([C@H](C)Nc4nc(N)ncc4C#N)n(-c4ccccc4)c(=O)c23)c1. The van der Waals surface area contributed by atoms with Crippen LogP contribution < -0.4 is 21.3 Å². The molecule has 3 heterocycles. The molecule has 0 saturated carbocycles. The van der Waals surface area contributed by atoms with Gasteiger partial charge in [0.15, 0.2) is 0 Å². The van der Waals surface area contributed by atoms with Gasteiger partial charge in [0, 0.05) is 23.1 Å². The number of nitrogens with two attached hydrogens (primary N) is 1. The van der Waals surface area contributed by atoms with Crippen LogP contribution >= 0.6 is 0 Å². The minimum atomic E-state index is -0.420. The highest BCUT2D eigenvalue weighted by Gasteiger charge is 2.20. The van der Waals surface area contributed by atoms with E-state index in [9.17, 15) is 10.1 Å². The summed E-state index contributed by atoms with van der Waals surface area (Å²) in [6.45, 7) is 5.81. The van der Waals surface area contributed by atoms with E-state index in [1.807, 2.05) is 81.4 Å². The zero-order valence-corrected chi connectivity index (χ0v) is 21.8. The van der Waals surface area contributed by atoms with Crippen molar-refractivity contribution in [3.05, 3.63) is 101 Å². The highest BCUT2D eigenvalue weighted by atomic mass is 16.5. The number of nitriles is 1. The van der Waals surface area contributed by atoms with Gasteiger partial charge in [0.2, 0.25) is 5.95 Å². The van der Waals surface area contributed by atoms with Crippen molar-refractivity contribution >= 4 is 22.5 Å². The normalized spacial score (nSPS) is 11.8. The molecule has 0 aliphatic rings. The van der Waals surface area contributed by atoms with E-state index in [0.717, 1.165) is 16.5 Å². The number of nitrogens with zero attached hydrogens (tertiary/aromatic N) is 5. The molecule has 1 atom stereocenters. The molecule has 5 rings (SSSR count). The monoisotopic (exact) mass is 517 g/mol. The molecule has 0 aliphatic carbocycles. The number of aromatic nitrogens is 4. The van der Waals surface area contributed by atoms with Crippen molar-refractivity contribution in [1.29, 1.82) is 5.26 Å². The molecule has 0 spiro atoms. The van der Waals surface area contributed by atoms with Crippen LogP contribution in [0.4, 0.5) is 11.8 Å². The van der Waals surface area contributed by atoms with Crippen molar-refractivity contribution in [2.75, 3.05) is 11.1 Å². The molecule has 5 aromatic rings. The van der Waals surface area contributed by atoms with Gasteiger partial charge in [-0.2, -0.15) is 10.2 Å². The summed E-state index contributed by atoms with van der Waals surface area (Å²) in [6.07, 6.45) is 4.76. The summed E-state index contributed by atoms with van der Waals surface area (Å²) < 4.78 is 7.53. The number of anilines is 2. The fourth-order valence-electron chi connectivity index (χ4n) is 4.55. The average Bonchev–Trinajstić information content (AvgIpc) is 2.93. The fraction of sp³-hybridized carbons (Fsp3) is 0.167. The van der Waals surface area contributed by atoms with Crippen molar-refractivity contribution in [3.8, 4) is 28.6 Å². The first-order valence-corrected chi connectivity index (χ1v) is 12.5. The topological polar surface area (TPSA) is 132 Å². The molecule has 9 heteroatoms. The number of nitrogen functional groups attached to an aromatic ring is 1. The number of ether oxygens (including phenoxy) is 1. The first-order valence-electron chi connectivity index (χ1n) is 12.5. The number of para-hydroxylation sites is 1. The first kappa shape index (κ1) is 25.4. The number of nitrogens with one attached hydrogen (secondary N) is 1. The zero-order chi connectivity index (χ0) is 27.5. The summed E-state index contributed by atoms with van der Waals surface area (Å²) in [6, 6.07) is 20.7. The van der Waals surface area contributed by atoms with Gasteiger partial charge in [-0.1, -0.05) is 36.4 Å². The van der Waals surface area contributed by atoms with Gasteiger partial charge in [0.25, 0.3) is 5.56 Å². The molecule has 9 nitrogen and oxygen atoms in total. The zero-order valence-electron chi connectivity index (χ0n) is 21.8. The Kier molecular flexibility index (Phi) is 6.93. The molecule has 3 N–H and O–H groups in total. The number of benzene rings is 2. The third-order valence-electron chi connectivity index (χ3n) is 6.21. The van der Waals surface area contributed by atoms with Crippen LogP contribution in [0.1, 0.15) is 38.1 Å². The number of fused-ring (bicyclic) bond motifs is 1. The predicted molar refractivity (Wildman–Crippen MR) is 152 cm³/mol. The van der Waals surface area contributed by atoms with E-state index in [1.165, 1.54) is 6.20 Å². The molecule has 2 aromatic carbocycles. The van der Waals surface area contributed by atoms with Gasteiger partial charge in [0.1, 0.15) is 23.2 Å². The van der Waals surface area contributed by atoms with Crippen LogP contribution in [0.2, 0.25) is 0 Å². The Morgan fingerprint density at radius 2 is 1.82 bits per heavy atom. The second-order valence-electron chi connectivity index (χ2n) is 9.36. The molecule has 0 aliphatic heterocycles. The average molecular weight is 518 g/mol. The molecule has 0 bridgehead atoms. The van der Waals surface area contributed by atoms with Crippen LogP contribution in [0.3, 0.4) is 0 Å².